The van der Waals surface area contributed by atoms with Crippen LogP contribution in [0.15, 0.2) is 47.6 Å². The van der Waals surface area contributed by atoms with Crippen molar-refractivity contribution in [3.8, 4) is 0 Å². The number of allylic oxidation sites excluding steroid dienone is 7. The topological polar surface area (TPSA) is 0 Å². The van der Waals surface area contributed by atoms with Crippen LogP contribution in [0.1, 0.15) is 66.2 Å². The smallest absolute Gasteiger partial charge is 0.162 e. The molecule has 0 aromatic rings. The predicted molar refractivity (Wildman–Crippen MR) is 96.5 cm³/mol. The molecule has 0 aliphatic heterocycles. The quantitative estimate of drug-likeness (QED) is 0.305. The Hall–Kier alpha value is -1.18. The fraction of sp³-hybridized carbons (Fsp3) is 0.619. The number of halogens is 2. The van der Waals surface area contributed by atoms with Gasteiger partial charge in [-0.3, -0.25) is 0 Å². The summed E-state index contributed by atoms with van der Waals surface area (Å²) in [6.45, 7) is 11.7. The molecule has 23 heavy (non-hydrogen) atoms. The van der Waals surface area contributed by atoms with Gasteiger partial charge in [-0.15, -0.1) is 0 Å². The van der Waals surface area contributed by atoms with Gasteiger partial charge in [0, 0.05) is 11.5 Å². The summed E-state index contributed by atoms with van der Waals surface area (Å²) in [6.07, 6.45) is 12.2. The Morgan fingerprint density at radius 1 is 1.30 bits per heavy atom. The minimum Gasteiger partial charge on any atom is -0.208 e. The first-order valence-electron chi connectivity index (χ1n) is 8.99. The van der Waals surface area contributed by atoms with Crippen LogP contribution in [-0.2, 0) is 0 Å². The van der Waals surface area contributed by atoms with Gasteiger partial charge in [0.05, 0.1) is 0 Å². The SMILES string of the molecule is C=C/C=C(\C)C1=C[C@H](CCCCC[C@@H](C)CC)[C@H](C)C(F)=C1F. The standard InChI is InChI=1S/C21H32F2/c1-6-11-16(4)19-14-18(17(5)20(22)21(19)23)13-10-8-9-12-15(3)7-2/h6,11,14-15,17-18H,1,7-10,12-13H2,2-5H3/b16-11+/t15-,17-,18-/m0/s1. The maximum Gasteiger partial charge on any atom is 0.162 e. The molecule has 2 heteroatoms. The van der Waals surface area contributed by atoms with Gasteiger partial charge < -0.3 is 0 Å². The number of hydrogen-bond acceptors (Lipinski definition) is 0. The molecule has 0 amide bonds. The second-order valence-electron chi connectivity index (χ2n) is 6.93. The van der Waals surface area contributed by atoms with Crippen LogP contribution in [0.2, 0.25) is 0 Å². The fourth-order valence-electron chi connectivity index (χ4n) is 3.11. The monoisotopic (exact) mass is 322 g/mol. The van der Waals surface area contributed by atoms with E-state index in [1.807, 2.05) is 6.08 Å². The second-order valence-corrected chi connectivity index (χ2v) is 6.93. The van der Waals surface area contributed by atoms with Gasteiger partial charge >= 0.3 is 0 Å². The lowest BCUT2D eigenvalue weighted by molar-refractivity contribution is 0.341. The Bertz CT molecular complexity index is 482. The van der Waals surface area contributed by atoms with E-state index in [9.17, 15) is 8.78 Å². The lowest BCUT2D eigenvalue weighted by atomic mass is 9.80. The van der Waals surface area contributed by atoms with Crippen molar-refractivity contribution < 1.29 is 8.78 Å². The third-order valence-corrected chi connectivity index (χ3v) is 5.09. The molecule has 0 saturated carbocycles. The van der Waals surface area contributed by atoms with Gasteiger partial charge in [-0.2, -0.15) is 0 Å². The first kappa shape index (κ1) is 19.9. The Balaban J connectivity index is 2.64. The molecule has 1 rings (SSSR count). The van der Waals surface area contributed by atoms with Crippen molar-refractivity contribution in [2.45, 2.75) is 66.2 Å². The summed E-state index contributed by atoms with van der Waals surface area (Å²) in [6, 6.07) is 0. The molecule has 0 fully saturated rings. The average Bonchev–Trinajstić information content (AvgIpc) is 2.54. The van der Waals surface area contributed by atoms with Crippen LogP contribution in [0.5, 0.6) is 0 Å². The van der Waals surface area contributed by atoms with Gasteiger partial charge in [0.25, 0.3) is 0 Å². The van der Waals surface area contributed by atoms with Crippen LogP contribution < -0.4 is 0 Å². The first-order valence-corrected chi connectivity index (χ1v) is 8.99. The Morgan fingerprint density at radius 3 is 2.61 bits per heavy atom. The van der Waals surface area contributed by atoms with Gasteiger partial charge in [-0.1, -0.05) is 77.7 Å². The predicted octanol–water partition coefficient (Wildman–Crippen LogP) is 7.46. The largest absolute Gasteiger partial charge is 0.208 e. The lowest BCUT2D eigenvalue weighted by Gasteiger charge is -2.26. The maximum absolute atomic E-state index is 14.2. The Kier molecular flexibility index (Phi) is 8.51. The van der Waals surface area contributed by atoms with Crippen LogP contribution in [0.25, 0.3) is 0 Å². The van der Waals surface area contributed by atoms with E-state index >= 15 is 0 Å². The van der Waals surface area contributed by atoms with Crippen LogP contribution in [-0.4, -0.2) is 0 Å². The molecule has 0 N–H and O–H groups in total. The summed E-state index contributed by atoms with van der Waals surface area (Å²) < 4.78 is 28.4. The maximum atomic E-state index is 14.2. The third-order valence-electron chi connectivity index (χ3n) is 5.09. The molecule has 0 heterocycles. The van der Waals surface area contributed by atoms with Crippen molar-refractivity contribution >= 4 is 0 Å². The van der Waals surface area contributed by atoms with E-state index in [1.54, 1.807) is 26.0 Å². The summed E-state index contributed by atoms with van der Waals surface area (Å²) in [5.41, 5.74) is 1.14. The molecule has 0 saturated heterocycles. The summed E-state index contributed by atoms with van der Waals surface area (Å²) in [5.74, 6) is -0.771. The molecule has 0 nitrogen and oxygen atoms in total. The summed E-state index contributed by atoms with van der Waals surface area (Å²) in [7, 11) is 0. The number of rotatable bonds is 9. The van der Waals surface area contributed by atoms with Crippen molar-refractivity contribution in [1.82, 2.24) is 0 Å². The van der Waals surface area contributed by atoms with Crippen LogP contribution in [0, 0.1) is 17.8 Å². The molecule has 1 aliphatic rings. The van der Waals surface area contributed by atoms with Crippen molar-refractivity contribution in [3.63, 3.8) is 0 Å². The fourth-order valence-corrected chi connectivity index (χ4v) is 3.11. The van der Waals surface area contributed by atoms with Crippen LogP contribution in [0.3, 0.4) is 0 Å². The number of unbranched alkanes of at least 4 members (excludes halogenated alkanes) is 2. The Labute approximate surface area is 141 Å². The van der Waals surface area contributed by atoms with Crippen molar-refractivity contribution in [2.75, 3.05) is 0 Å². The van der Waals surface area contributed by atoms with E-state index in [2.05, 4.69) is 20.4 Å². The van der Waals surface area contributed by atoms with Crippen molar-refractivity contribution in [2.24, 2.45) is 17.8 Å². The molecule has 1 aliphatic carbocycles. The third kappa shape index (κ3) is 5.75. The van der Waals surface area contributed by atoms with E-state index in [4.69, 9.17) is 0 Å². The minimum atomic E-state index is -0.693. The zero-order chi connectivity index (χ0) is 17.4. The van der Waals surface area contributed by atoms with E-state index in [0.29, 0.717) is 5.57 Å². The Morgan fingerprint density at radius 2 is 2.00 bits per heavy atom. The van der Waals surface area contributed by atoms with Gasteiger partial charge in [0.15, 0.2) is 5.83 Å². The lowest BCUT2D eigenvalue weighted by Crippen LogP contribution is -2.17. The molecule has 0 aromatic carbocycles. The zero-order valence-corrected chi connectivity index (χ0v) is 15.2. The highest BCUT2D eigenvalue weighted by atomic mass is 19.2. The van der Waals surface area contributed by atoms with Crippen LogP contribution in [0.4, 0.5) is 8.78 Å². The summed E-state index contributed by atoms with van der Waals surface area (Å²) in [5, 5.41) is 0. The normalized spacial score (nSPS) is 23.7. The first-order chi connectivity index (χ1) is 10.9. The molecule has 0 bridgehead atoms. The highest BCUT2D eigenvalue weighted by Gasteiger charge is 2.29. The van der Waals surface area contributed by atoms with E-state index in [0.717, 1.165) is 24.3 Å². The van der Waals surface area contributed by atoms with Crippen LogP contribution >= 0.6 is 0 Å². The molecule has 130 valence electrons. The van der Waals surface area contributed by atoms with Gasteiger partial charge in [-0.05, 0) is 30.8 Å². The molecule has 0 spiro atoms. The minimum absolute atomic E-state index is 0.0845. The van der Waals surface area contributed by atoms with E-state index in [-0.39, 0.29) is 11.8 Å². The van der Waals surface area contributed by atoms with Gasteiger partial charge in [-0.25, -0.2) is 8.78 Å². The molecular formula is C21H32F2. The highest BCUT2D eigenvalue weighted by Crippen LogP contribution is 2.40. The number of hydrogen-bond donors (Lipinski definition) is 0. The van der Waals surface area contributed by atoms with E-state index < -0.39 is 11.7 Å². The van der Waals surface area contributed by atoms with E-state index in [1.165, 1.54) is 25.7 Å². The molecule has 0 aromatic heterocycles. The summed E-state index contributed by atoms with van der Waals surface area (Å²) >= 11 is 0. The zero-order valence-electron chi connectivity index (χ0n) is 15.2. The summed E-state index contributed by atoms with van der Waals surface area (Å²) in [4.78, 5) is 0. The second kappa shape index (κ2) is 9.85. The molecule has 0 unspecified atom stereocenters. The van der Waals surface area contributed by atoms with Gasteiger partial charge in [0.2, 0.25) is 0 Å². The highest BCUT2D eigenvalue weighted by molar-refractivity contribution is 5.47. The average molecular weight is 322 g/mol. The molecular weight excluding hydrogens is 290 g/mol. The molecule has 3 atom stereocenters. The van der Waals surface area contributed by atoms with Gasteiger partial charge in [0.1, 0.15) is 5.83 Å². The van der Waals surface area contributed by atoms with Crippen molar-refractivity contribution in [3.05, 3.63) is 47.6 Å². The molecule has 0 radical (unpaired) electrons. The van der Waals surface area contributed by atoms with Crippen molar-refractivity contribution in [1.29, 1.82) is 0 Å².